The highest BCUT2D eigenvalue weighted by molar-refractivity contribution is 6.38. The number of halogens is 2. The van der Waals surface area contributed by atoms with Crippen LogP contribution in [-0.2, 0) is 14.3 Å². The first-order valence-corrected chi connectivity index (χ1v) is 10.1. The molecule has 2 aliphatic heterocycles. The Labute approximate surface area is 169 Å². The van der Waals surface area contributed by atoms with Gasteiger partial charge in [-0.25, -0.2) is 0 Å². The molecule has 0 aliphatic carbocycles. The minimum atomic E-state index is -0.182. The zero-order valence-corrected chi connectivity index (χ0v) is 16.8. The van der Waals surface area contributed by atoms with Crippen molar-refractivity contribution in [3.63, 3.8) is 0 Å². The minimum absolute atomic E-state index is 0.160. The lowest BCUT2D eigenvalue weighted by Crippen LogP contribution is -2.41. The summed E-state index contributed by atoms with van der Waals surface area (Å²) in [7, 11) is 0. The van der Waals surface area contributed by atoms with Crippen LogP contribution in [0, 0.1) is 5.92 Å². The van der Waals surface area contributed by atoms with Gasteiger partial charge in [0.1, 0.15) is 0 Å². The Balaban J connectivity index is 1.73. The van der Waals surface area contributed by atoms with Crippen molar-refractivity contribution in [2.45, 2.75) is 38.9 Å². The molecule has 0 aromatic heterocycles. The molecule has 1 aromatic carbocycles. The van der Waals surface area contributed by atoms with E-state index in [0.29, 0.717) is 61.3 Å². The van der Waals surface area contributed by atoms with Gasteiger partial charge in [0.05, 0.1) is 29.5 Å². The number of carbonyl (C=O) groups excluding carboxylic acids is 2. The van der Waals surface area contributed by atoms with Gasteiger partial charge in [0.15, 0.2) is 6.29 Å². The summed E-state index contributed by atoms with van der Waals surface area (Å²) in [6, 6.07) is 3.09. The number of carbonyl (C=O) groups is 2. The Morgan fingerprint density at radius 3 is 2.48 bits per heavy atom. The van der Waals surface area contributed by atoms with E-state index in [4.69, 9.17) is 32.7 Å². The van der Waals surface area contributed by atoms with Gasteiger partial charge in [-0.1, -0.05) is 30.1 Å². The van der Waals surface area contributed by atoms with E-state index >= 15 is 0 Å². The van der Waals surface area contributed by atoms with Crippen LogP contribution in [0.1, 0.15) is 43.0 Å². The van der Waals surface area contributed by atoms with Gasteiger partial charge < -0.3 is 19.7 Å². The Kier molecular flexibility index (Phi) is 6.98. The van der Waals surface area contributed by atoms with Gasteiger partial charge >= 0.3 is 0 Å². The number of amides is 2. The van der Waals surface area contributed by atoms with Crippen LogP contribution in [0.15, 0.2) is 12.1 Å². The fourth-order valence-corrected chi connectivity index (χ4v) is 4.03. The highest BCUT2D eigenvalue weighted by Gasteiger charge is 2.33. The van der Waals surface area contributed by atoms with E-state index in [9.17, 15) is 9.59 Å². The van der Waals surface area contributed by atoms with E-state index in [1.54, 1.807) is 11.0 Å². The lowest BCUT2D eigenvalue weighted by molar-refractivity contribution is -0.116. The summed E-state index contributed by atoms with van der Waals surface area (Å²) >= 11 is 12.4. The molecule has 27 heavy (non-hydrogen) atoms. The number of likely N-dealkylation sites (tertiary alicyclic amines) is 1. The summed E-state index contributed by atoms with van der Waals surface area (Å²) in [5, 5.41) is 3.39. The molecule has 8 heteroatoms. The predicted molar refractivity (Wildman–Crippen MR) is 104 cm³/mol. The third kappa shape index (κ3) is 4.93. The van der Waals surface area contributed by atoms with Crippen molar-refractivity contribution in [1.82, 2.24) is 4.90 Å². The predicted octanol–water partition coefficient (Wildman–Crippen LogP) is 3.96. The van der Waals surface area contributed by atoms with Crippen molar-refractivity contribution in [1.29, 1.82) is 0 Å². The number of ether oxygens (including phenoxy) is 2. The van der Waals surface area contributed by atoms with Crippen LogP contribution in [-0.4, -0.2) is 49.3 Å². The second kappa shape index (κ2) is 9.24. The van der Waals surface area contributed by atoms with Crippen molar-refractivity contribution in [3.8, 4) is 0 Å². The molecule has 0 unspecified atom stereocenters. The molecule has 0 bridgehead atoms. The maximum atomic E-state index is 13.1. The minimum Gasteiger partial charge on any atom is -0.350 e. The summed E-state index contributed by atoms with van der Waals surface area (Å²) < 4.78 is 11.2. The third-order valence-electron chi connectivity index (χ3n) is 4.89. The van der Waals surface area contributed by atoms with Crippen molar-refractivity contribution in [2.24, 2.45) is 5.92 Å². The maximum absolute atomic E-state index is 13.1. The average Bonchev–Trinajstić information content (AvgIpc) is 3.18. The summed E-state index contributed by atoms with van der Waals surface area (Å²) in [4.78, 5) is 26.9. The van der Waals surface area contributed by atoms with Crippen LogP contribution in [0.25, 0.3) is 0 Å². The third-order valence-corrected chi connectivity index (χ3v) is 5.40. The van der Waals surface area contributed by atoms with Gasteiger partial charge in [-0.2, -0.15) is 0 Å². The molecule has 148 valence electrons. The molecular weight excluding hydrogens is 391 g/mol. The number of hydrogen-bond acceptors (Lipinski definition) is 4. The lowest BCUT2D eigenvalue weighted by Gasteiger charge is -2.34. The van der Waals surface area contributed by atoms with Crippen LogP contribution in [0.5, 0.6) is 0 Å². The fraction of sp³-hybridized carbons (Fsp3) is 0.579. The van der Waals surface area contributed by atoms with E-state index in [0.717, 1.165) is 12.8 Å². The summed E-state index contributed by atoms with van der Waals surface area (Å²) in [6.45, 7) is 4.37. The monoisotopic (exact) mass is 414 g/mol. The summed E-state index contributed by atoms with van der Waals surface area (Å²) in [6.07, 6.45) is 2.52. The quantitative estimate of drug-likeness (QED) is 0.791. The van der Waals surface area contributed by atoms with E-state index in [2.05, 4.69) is 5.32 Å². The zero-order chi connectivity index (χ0) is 19.4. The zero-order valence-electron chi connectivity index (χ0n) is 15.3. The summed E-state index contributed by atoms with van der Waals surface area (Å²) in [5.74, 6) is -0.0638. The standard InChI is InChI=1S/C19H24Cl2N2O4/c1-2-3-16(24)22-17-14(10-13(20)11-15(17)21)18(25)23-6-4-12(5-7-23)19-26-8-9-27-19/h10-12,19H,2-9H2,1H3,(H,22,24). The molecule has 0 spiro atoms. The molecule has 0 radical (unpaired) electrons. The van der Waals surface area contributed by atoms with Crippen molar-refractivity contribution in [3.05, 3.63) is 27.7 Å². The van der Waals surface area contributed by atoms with Gasteiger partial charge in [-0.15, -0.1) is 0 Å². The molecule has 2 aliphatic rings. The van der Waals surface area contributed by atoms with Crippen molar-refractivity contribution in [2.75, 3.05) is 31.6 Å². The van der Waals surface area contributed by atoms with Gasteiger partial charge in [0, 0.05) is 30.5 Å². The Morgan fingerprint density at radius 2 is 1.85 bits per heavy atom. The molecule has 2 amide bonds. The van der Waals surface area contributed by atoms with E-state index in [-0.39, 0.29) is 23.1 Å². The number of benzene rings is 1. The van der Waals surface area contributed by atoms with Crippen LogP contribution in [0.2, 0.25) is 10.0 Å². The average molecular weight is 415 g/mol. The van der Waals surface area contributed by atoms with Crippen LogP contribution >= 0.6 is 23.2 Å². The highest BCUT2D eigenvalue weighted by Crippen LogP contribution is 2.33. The number of nitrogens with one attached hydrogen (secondary N) is 1. The fourth-order valence-electron chi connectivity index (χ4n) is 3.49. The Bertz CT molecular complexity index is 699. The SMILES string of the molecule is CCCC(=O)Nc1c(Cl)cc(Cl)cc1C(=O)N1CCC(C2OCCO2)CC1. The smallest absolute Gasteiger partial charge is 0.256 e. The largest absolute Gasteiger partial charge is 0.350 e. The molecule has 0 atom stereocenters. The molecule has 3 rings (SSSR count). The second-order valence-corrected chi connectivity index (χ2v) is 7.69. The topological polar surface area (TPSA) is 67.9 Å². The normalized spacial score (nSPS) is 18.7. The Morgan fingerprint density at radius 1 is 1.19 bits per heavy atom. The first kappa shape index (κ1) is 20.4. The lowest BCUT2D eigenvalue weighted by atomic mass is 9.95. The van der Waals surface area contributed by atoms with Crippen LogP contribution in [0.4, 0.5) is 5.69 Å². The van der Waals surface area contributed by atoms with Crippen molar-refractivity contribution >= 4 is 40.7 Å². The molecule has 1 N–H and O–H groups in total. The molecule has 1 aromatic rings. The number of piperidine rings is 1. The van der Waals surface area contributed by atoms with E-state index in [1.807, 2.05) is 6.92 Å². The first-order valence-electron chi connectivity index (χ1n) is 9.31. The van der Waals surface area contributed by atoms with E-state index < -0.39 is 0 Å². The second-order valence-electron chi connectivity index (χ2n) is 6.85. The molecular formula is C19H24Cl2N2O4. The van der Waals surface area contributed by atoms with Gasteiger partial charge in [0.2, 0.25) is 5.91 Å². The molecule has 0 saturated carbocycles. The molecule has 2 heterocycles. The number of hydrogen-bond donors (Lipinski definition) is 1. The molecule has 6 nitrogen and oxygen atoms in total. The summed E-state index contributed by atoms with van der Waals surface area (Å²) in [5.41, 5.74) is 0.651. The van der Waals surface area contributed by atoms with Gasteiger partial charge in [0.25, 0.3) is 5.91 Å². The highest BCUT2D eigenvalue weighted by atomic mass is 35.5. The van der Waals surface area contributed by atoms with Crippen molar-refractivity contribution < 1.29 is 19.1 Å². The van der Waals surface area contributed by atoms with Gasteiger partial charge in [-0.05, 0) is 31.4 Å². The molecule has 2 fully saturated rings. The number of anilines is 1. The number of rotatable bonds is 5. The first-order chi connectivity index (χ1) is 13.0. The van der Waals surface area contributed by atoms with Crippen LogP contribution in [0.3, 0.4) is 0 Å². The van der Waals surface area contributed by atoms with Gasteiger partial charge in [-0.3, -0.25) is 9.59 Å². The number of nitrogens with zero attached hydrogens (tertiary/aromatic N) is 1. The molecule has 2 saturated heterocycles. The Hall–Kier alpha value is -1.34. The van der Waals surface area contributed by atoms with E-state index in [1.165, 1.54) is 6.07 Å². The maximum Gasteiger partial charge on any atom is 0.256 e. The van der Waals surface area contributed by atoms with Crippen LogP contribution < -0.4 is 5.32 Å².